The van der Waals surface area contributed by atoms with Crippen molar-refractivity contribution in [3.05, 3.63) is 62.4 Å². The second-order valence-corrected chi connectivity index (χ2v) is 13.8. The minimum Gasteiger partial charge on any atom is -0.373 e. The normalized spacial score (nSPS) is 20.5. The van der Waals surface area contributed by atoms with E-state index >= 15 is 13.2 Å². The molecule has 4 aromatic rings. The van der Waals surface area contributed by atoms with E-state index < -0.39 is 34.2 Å². The summed E-state index contributed by atoms with van der Waals surface area (Å²) in [7, 11) is 0. The van der Waals surface area contributed by atoms with Gasteiger partial charge in [0.2, 0.25) is 5.91 Å². The maximum Gasteiger partial charge on any atom is 0.417 e. The lowest BCUT2D eigenvalue weighted by atomic mass is 9.95. The van der Waals surface area contributed by atoms with Gasteiger partial charge < -0.3 is 19.5 Å². The fraction of sp³-hybridized carbons (Fsp3) is 0.419. The van der Waals surface area contributed by atoms with E-state index in [1.165, 1.54) is 16.7 Å². The first-order valence-corrected chi connectivity index (χ1v) is 16.5. The van der Waals surface area contributed by atoms with Crippen molar-refractivity contribution in [3.63, 3.8) is 0 Å². The van der Waals surface area contributed by atoms with E-state index in [0.29, 0.717) is 11.3 Å². The average molecular weight is 678 g/mol. The van der Waals surface area contributed by atoms with Gasteiger partial charge in [-0.05, 0) is 52.0 Å². The summed E-state index contributed by atoms with van der Waals surface area (Å²) in [5.41, 5.74) is -1.75. The number of nitrogens with zero attached hydrogens (tertiary/aromatic N) is 4. The van der Waals surface area contributed by atoms with Crippen molar-refractivity contribution in [2.24, 2.45) is 0 Å². The summed E-state index contributed by atoms with van der Waals surface area (Å²) in [4.78, 5) is 48.5. The number of hydrogen-bond donors (Lipinski definition) is 1. The molecule has 0 saturated carbocycles. The number of ether oxygens (including phenoxy) is 1. The maximum atomic E-state index is 15.2. The second-order valence-electron chi connectivity index (χ2n) is 11.8. The molecule has 46 heavy (non-hydrogen) atoms. The summed E-state index contributed by atoms with van der Waals surface area (Å²) in [5.74, 6) is -0.703. The molecule has 0 aliphatic carbocycles. The summed E-state index contributed by atoms with van der Waals surface area (Å²) in [6, 6.07) is 2.55. The van der Waals surface area contributed by atoms with Gasteiger partial charge in [-0.2, -0.15) is 18.2 Å². The topological polar surface area (TPSA) is 101 Å². The Balaban J connectivity index is 1.68. The lowest BCUT2D eigenvalue weighted by Crippen LogP contribution is -2.58. The second kappa shape index (κ2) is 11.8. The fourth-order valence-corrected chi connectivity index (χ4v) is 8.60. The third-order valence-corrected chi connectivity index (χ3v) is 10.3. The summed E-state index contributed by atoms with van der Waals surface area (Å²) in [5, 5.41) is 0.114. The number of thioether (sulfide) groups is 1. The molecule has 6 rings (SSSR count). The predicted octanol–water partition coefficient (Wildman–Crippen LogP) is 5.64. The molecule has 4 heterocycles. The van der Waals surface area contributed by atoms with Crippen molar-refractivity contribution in [2.75, 3.05) is 23.7 Å². The molecule has 0 bridgehead atoms. The monoisotopic (exact) mass is 677 g/mol. The van der Waals surface area contributed by atoms with Gasteiger partial charge in [0.15, 0.2) is 0 Å². The maximum absolute atomic E-state index is 15.2. The molecule has 9 nitrogen and oxygen atoms in total. The third kappa shape index (κ3) is 5.51. The van der Waals surface area contributed by atoms with Gasteiger partial charge in [-0.25, -0.2) is 9.18 Å². The zero-order chi connectivity index (χ0) is 33.2. The highest BCUT2D eigenvalue weighted by atomic mass is 32.2. The molecule has 1 amide bonds. The number of carbonyl (C=O) groups excluding carboxylic acids is 1. The number of thiazole rings is 1. The number of rotatable bonds is 5. The molecule has 244 valence electrons. The first-order valence-electron chi connectivity index (χ1n) is 14.7. The van der Waals surface area contributed by atoms with E-state index in [1.807, 2.05) is 27.7 Å². The number of piperazine rings is 1. The summed E-state index contributed by atoms with van der Waals surface area (Å²) < 4.78 is 67.6. The zero-order valence-corrected chi connectivity index (χ0v) is 27.0. The molecule has 2 aliphatic heterocycles. The Kier molecular flexibility index (Phi) is 8.30. The van der Waals surface area contributed by atoms with Gasteiger partial charge in [0.25, 0.3) is 0 Å². The Morgan fingerprint density at radius 3 is 2.50 bits per heavy atom. The summed E-state index contributed by atoms with van der Waals surface area (Å²) >= 11 is 1.69. The van der Waals surface area contributed by atoms with E-state index in [0.717, 1.165) is 23.9 Å². The smallest absolute Gasteiger partial charge is 0.373 e. The van der Waals surface area contributed by atoms with Crippen LogP contribution in [0.3, 0.4) is 0 Å². The molecular formula is C31H31F4N5O4S2. The van der Waals surface area contributed by atoms with Crippen LogP contribution in [-0.4, -0.2) is 68.5 Å². The minimum absolute atomic E-state index is 0.00846. The van der Waals surface area contributed by atoms with Crippen molar-refractivity contribution in [3.8, 4) is 11.1 Å². The number of H-pyrrole nitrogens is 1. The van der Waals surface area contributed by atoms with Crippen LogP contribution in [0.4, 0.5) is 23.4 Å². The van der Waals surface area contributed by atoms with Crippen LogP contribution < -0.4 is 15.5 Å². The standard InChI is InChI=1S/C31H31F4N5O4S2/c1-6-22(41)40-15(4)10-38(11-16(40)5)28-19-9-20(31(33,34)35)23(18-7-8-21(32)26-24(18)36-30(43)46-26)27-25(19)39(29(42)37-28)12-17(13-45-27)44-14(2)3/h6-9,14-17H,1,10-13H2,2-5H3,(H,36,43)/t15-,16+,17?. The molecule has 2 aromatic carbocycles. The number of aromatic amines is 1. The largest absolute Gasteiger partial charge is 0.417 e. The predicted molar refractivity (Wildman–Crippen MR) is 171 cm³/mol. The van der Waals surface area contributed by atoms with Crippen LogP contribution in [0.15, 0.2) is 45.3 Å². The number of anilines is 1. The van der Waals surface area contributed by atoms with Crippen LogP contribution in [-0.2, 0) is 22.3 Å². The van der Waals surface area contributed by atoms with Crippen LogP contribution in [0.5, 0.6) is 0 Å². The molecule has 0 spiro atoms. The van der Waals surface area contributed by atoms with Crippen molar-refractivity contribution < 1.29 is 27.1 Å². The molecule has 15 heteroatoms. The van der Waals surface area contributed by atoms with E-state index in [-0.39, 0.29) is 92.4 Å². The van der Waals surface area contributed by atoms with Crippen molar-refractivity contribution in [1.82, 2.24) is 19.4 Å². The van der Waals surface area contributed by atoms with Gasteiger partial charge in [0, 0.05) is 52.3 Å². The molecule has 0 radical (unpaired) electrons. The highest BCUT2D eigenvalue weighted by Crippen LogP contribution is 2.49. The SMILES string of the molecule is C=CC(=O)N1[C@H](C)CN(c2nc(=O)n3c4c(c(-c5ccc(F)c6sc(=O)[nH]c56)c(C(F)(F)F)cc24)SCC(OC(C)C)C3)C[C@@H]1C. The van der Waals surface area contributed by atoms with Gasteiger partial charge in [-0.3, -0.25) is 14.2 Å². The molecule has 1 saturated heterocycles. The number of hydrogen-bond acceptors (Lipinski definition) is 8. The van der Waals surface area contributed by atoms with Crippen molar-refractivity contribution in [1.29, 1.82) is 0 Å². The van der Waals surface area contributed by atoms with Gasteiger partial charge in [-0.15, -0.1) is 11.8 Å². The number of amides is 1. The molecule has 2 aromatic heterocycles. The van der Waals surface area contributed by atoms with Crippen molar-refractivity contribution >= 4 is 55.9 Å². The van der Waals surface area contributed by atoms with E-state index in [9.17, 15) is 18.8 Å². The van der Waals surface area contributed by atoms with E-state index in [2.05, 4.69) is 16.5 Å². The number of benzene rings is 2. The summed E-state index contributed by atoms with van der Waals surface area (Å²) in [6.45, 7) is 11.4. The lowest BCUT2D eigenvalue weighted by molar-refractivity contribution is -0.137. The Labute approximate surface area is 268 Å². The Hall–Kier alpha value is -3.69. The Bertz CT molecular complexity index is 1990. The van der Waals surface area contributed by atoms with Crippen LogP contribution in [0, 0.1) is 5.82 Å². The average Bonchev–Trinajstić information content (AvgIpc) is 3.27. The van der Waals surface area contributed by atoms with Crippen LogP contribution in [0.1, 0.15) is 33.3 Å². The Morgan fingerprint density at radius 1 is 1.17 bits per heavy atom. The van der Waals surface area contributed by atoms with Gasteiger partial charge in [-0.1, -0.05) is 17.9 Å². The first kappa shape index (κ1) is 32.3. The fourth-order valence-electron chi connectivity index (χ4n) is 6.58. The first-order chi connectivity index (χ1) is 21.7. The number of nitrogens with one attached hydrogen (secondary N) is 1. The van der Waals surface area contributed by atoms with E-state index in [4.69, 9.17) is 4.74 Å². The Morgan fingerprint density at radius 2 is 1.87 bits per heavy atom. The van der Waals surface area contributed by atoms with Crippen LogP contribution >= 0.6 is 23.1 Å². The van der Waals surface area contributed by atoms with Crippen LogP contribution in [0.2, 0.25) is 0 Å². The van der Waals surface area contributed by atoms with Crippen LogP contribution in [0.25, 0.3) is 32.2 Å². The van der Waals surface area contributed by atoms with E-state index in [1.54, 1.807) is 9.80 Å². The minimum atomic E-state index is -4.88. The highest BCUT2D eigenvalue weighted by Gasteiger charge is 2.40. The van der Waals surface area contributed by atoms with Gasteiger partial charge in [0.05, 0.1) is 40.0 Å². The molecular weight excluding hydrogens is 646 g/mol. The van der Waals surface area contributed by atoms with Gasteiger partial charge >= 0.3 is 16.7 Å². The molecule has 3 atom stereocenters. The number of carbonyl (C=O) groups is 1. The molecule has 1 fully saturated rings. The number of halogens is 4. The number of aromatic nitrogens is 3. The number of fused-ring (bicyclic) bond motifs is 1. The zero-order valence-electron chi connectivity index (χ0n) is 25.4. The highest BCUT2D eigenvalue weighted by molar-refractivity contribution is 7.99. The lowest BCUT2D eigenvalue weighted by Gasteiger charge is -2.44. The third-order valence-electron chi connectivity index (χ3n) is 8.22. The molecule has 1 N–H and O–H groups in total. The summed E-state index contributed by atoms with van der Waals surface area (Å²) in [6.07, 6.45) is -4.42. The number of alkyl halides is 3. The van der Waals surface area contributed by atoms with Crippen molar-refractivity contribution in [2.45, 2.75) is 69.6 Å². The molecule has 2 aliphatic rings. The molecule has 1 unspecified atom stereocenters. The quantitative estimate of drug-likeness (QED) is 0.216. The van der Waals surface area contributed by atoms with Gasteiger partial charge in [0.1, 0.15) is 11.6 Å².